The van der Waals surface area contributed by atoms with Crippen LogP contribution in [0.3, 0.4) is 0 Å². The van der Waals surface area contributed by atoms with Crippen LogP contribution in [0.4, 0.5) is 0 Å². The van der Waals surface area contributed by atoms with E-state index in [2.05, 4.69) is 25.1 Å². The van der Waals surface area contributed by atoms with Gasteiger partial charge in [0.1, 0.15) is 5.52 Å². The van der Waals surface area contributed by atoms with Crippen molar-refractivity contribution in [2.24, 2.45) is 0 Å². The molecule has 4 rings (SSSR count). The number of rotatable bonds is 1. The number of benzene rings is 1. The molecule has 19 heavy (non-hydrogen) atoms. The summed E-state index contributed by atoms with van der Waals surface area (Å²) < 4.78 is 1.71. The lowest BCUT2D eigenvalue weighted by molar-refractivity contribution is 1.09. The van der Waals surface area contributed by atoms with Crippen LogP contribution in [0.1, 0.15) is 0 Å². The number of imidazole rings is 1. The maximum absolute atomic E-state index is 6.21. The minimum Gasteiger partial charge on any atom is -0.340 e. The minimum atomic E-state index is 0.290. The van der Waals surface area contributed by atoms with Crippen LogP contribution in [0.2, 0.25) is 5.28 Å². The third-order valence-corrected chi connectivity index (χ3v) is 3.17. The Morgan fingerprint density at radius 2 is 1.95 bits per heavy atom. The molecule has 0 fully saturated rings. The van der Waals surface area contributed by atoms with Gasteiger partial charge in [-0.1, -0.05) is 30.3 Å². The van der Waals surface area contributed by atoms with Crippen molar-refractivity contribution in [3.8, 4) is 11.4 Å². The van der Waals surface area contributed by atoms with E-state index in [1.807, 2.05) is 30.3 Å². The van der Waals surface area contributed by atoms with Crippen molar-refractivity contribution in [3.05, 3.63) is 41.9 Å². The normalized spacial score (nSPS) is 11.4. The van der Waals surface area contributed by atoms with Crippen molar-refractivity contribution in [2.45, 2.75) is 0 Å². The lowest BCUT2D eigenvalue weighted by atomic mass is 10.2. The summed E-state index contributed by atoms with van der Waals surface area (Å²) in [6, 6.07) is 9.71. The summed E-state index contributed by atoms with van der Waals surface area (Å²) in [5.41, 5.74) is 2.80. The Bertz CT molecular complexity index is 879. The van der Waals surface area contributed by atoms with Gasteiger partial charge >= 0.3 is 0 Å². The van der Waals surface area contributed by atoms with Crippen molar-refractivity contribution in [3.63, 3.8) is 0 Å². The molecule has 0 spiro atoms. The summed E-state index contributed by atoms with van der Waals surface area (Å²) in [4.78, 5) is 11.3. The maximum Gasteiger partial charge on any atom is 0.212 e. The van der Waals surface area contributed by atoms with Gasteiger partial charge in [0.05, 0.1) is 6.33 Å². The van der Waals surface area contributed by atoms with E-state index < -0.39 is 0 Å². The second-order valence-electron chi connectivity index (χ2n) is 4.03. The zero-order valence-corrected chi connectivity index (χ0v) is 10.3. The van der Waals surface area contributed by atoms with E-state index in [1.165, 1.54) is 0 Å². The van der Waals surface area contributed by atoms with Gasteiger partial charge in [0.15, 0.2) is 17.1 Å². The summed E-state index contributed by atoms with van der Waals surface area (Å²) in [5, 5.41) is 8.66. The topological polar surface area (TPSA) is 71.8 Å². The zero-order chi connectivity index (χ0) is 12.8. The van der Waals surface area contributed by atoms with Crippen LogP contribution < -0.4 is 0 Å². The molecule has 0 unspecified atom stereocenters. The molecule has 3 aromatic heterocycles. The molecule has 6 nitrogen and oxygen atoms in total. The molecule has 4 aromatic rings. The molecule has 1 N–H and O–H groups in total. The van der Waals surface area contributed by atoms with E-state index >= 15 is 0 Å². The molecule has 0 aliphatic heterocycles. The molecular weight excluding hydrogens is 264 g/mol. The molecule has 0 bridgehead atoms. The second kappa shape index (κ2) is 3.76. The van der Waals surface area contributed by atoms with Crippen molar-refractivity contribution >= 4 is 28.4 Å². The van der Waals surface area contributed by atoms with Crippen LogP contribution in [0.15, 0.2) is 36.7 Å². The fourth-order valence-electron chi connectivity index (χ4n) is 2.07. The first kappa shape index (κ1) is 10.5. The highest BCUT2D eigenvalue weighted by Crippen LogP contribution is 2.24. The first-order valence-corrected chi connectivity index (χ1v) is 6.01. The van der Waals surface area contributed by atoms with Gasteiger partial charge in [-0.3, -0.25) is 0 Å². The van der Waals surface area contributed by atoms with Gasteiger partial charge in [0.2, 0.25) is 5.28 Å². The molecule has 0 aliphatic rings. The molecule has 0 radical (unpaired) electrons. The standard InChI is InChI=1S/C12H7ClN6/c13-12-16-9-8(14-6-15-9)11-18-17-10(19(11)12)7-4-2-1-3-5-7/h1-6H,(H,14,15). The second-order valence-corrected chi connectivity index (χ2v) is 4.37. The van der Waals surface area contributed by atoms with Gasteiger partial charge < -0.3 is 4.98 Å². The summed E-state index contributed by atoms with van der Waals surface area (Å²) in [6.45, 7) is 0. The Labute approximate surface area is 112 Å². The fourth-order valence-corrected chi connectivity index (χ4v) is 2.31. The predicted octanol–water partition coefficient (Wildman–Crippen LogP) is 2.32. The number of nitrogens with one attached hydrogen (secondary N) is 1. The number of nitrogens with zero attached hydrogens (tertiary/aromatic N) is 5. The van der Waals surface area contributed by atoms with Gasteiger partial charge in [-0.2, -0.15) is 4.98 Å². The third-order valence-electron chi connectivity index (χ3n) is 2.92. The van der Waals surface area contributed by atoms with Gasteiger partial charge in [0.25, 0.3) is 0 Å². The Kier molecular flexibility index (Phi) is 2.07. The summed E-state index contributed by atoms with van der Waals surface area (Å²) in [6.07, 6.45) is 1.56. The molecule has 0 aliphatic carbocycles. The quantitative estimate of drug-likeness (QED) is 0.539. The first-order chi connectivity index (χ1) is 9.34. The van der Waals surface area contributed by atoms with E-state index in [1.54, 1.807) is 10.7 Å². The fraction of sp³-hybridized carbons (Fsp3) is 0. The van der Waals surface area contributed by atoms with Gasteiger partial charge in [-0.25, -0.2) is 9.38 Å². The first-order valence-electron chi connectivity index (χ1n) is 5.64. The van der Waals surface area contributed by atoms with Crippen molar-refractivity contribution in [1.82, 2.24) is 29.5 Å². The van der Waals surface area contributed by atoms with Crippen LogP contribution >= 0.6 is 11.6 Å². The molecular formula is C12H7ClN6. The number of halogens is 1. The van der Waals surface area contributed by atoms with Crippen LogP contribution in [0.25, 0.3) is 28.2 Å². The SMILES string of the molecule is Clc1nc2nc[nH]c2c2nnc(-c3ccccc3)n12. The lowest BCUT2D eigenvalue weighted by Gasteiger charge is -2.01. The largest absolute Gasteiger partial charge is 0.340 e. The van der Waals surface area contributed by atoms with Gasteiger partial charge in [-0.15, -0.1) is 10.2 Å². The van der Waals surface area contributed by atoms with E-state index in [0.29, 0.717) is 22.4 Å². The number of fused-ring (bicyclic) bond motifs is 3. The van der Waals surface area contributed by atoms with E-state index in [9.17, 15) is 0 Å². The Hall–Kier alpha value is -2.47. The molecule has 7 heteroatoms. The highest BCUT2D eigenvalue weighted by atomic mass is 35.5. The van der Waals surface area contributed by atoms with E-state index in [0.717, 1.165) is 11.1 Å². The highest BCUT2D eigenvalue weighted by Gasteiger charge is 2.16. The summed E-state index contributed by atoms with van der Waals surface area (Å²) in [7, 11) is 0. The number of H-pyrrole nitrogens is 1. The minimum absolute atomic E-state index is 0.290. The molecule has 1 aromatic carbocycles. The summed E-state index contributed by atoms with van der Waals surface area (Å²) >= 11 is 6.21. The van der Waals surface area contributed by atoms with Crippen LogP contribution in [0.5, 0.6) is 0 Å². The van der Waals surface area contributed by atoms with Gasteiger partial charge in [-0.05, 0) is 11.6 Å². The zero-order valence-electron chi connectivity index (χ0n) is 9.58. The smallest absolute Gasteiger partial charge is 0.212 e. The van der Waals surface area contributed by atoms with E-state index in [-0.39, 0.29) is 0 Å². The number of hydrogen-bond donors (Lipinski definition) is 1. The third kappa shape index (κ3) is 1.43. The Morgan fingerprint density at radius 1 is 1.11 bits per heavy atom. The van der Waals surface area contributed by atoms with Crippen molar-refractivity contribution in [2.75, 3.05) is 0 Å². The highest BCUT2D eigenvalue weighted by molar-refractivity contribution is 6.29. The number of aromatic nitrogens is 6. The van der Waals surface area contributed by atoms with Crippen LogP contribution in [-0.2, 0) is 0 Å². The lowest BCUT2D eigenvalue weighted by Crippen LogP contribution is -1.95. The average Bonchev–Trinajstić information content (AvgIpc) is 3.05. The molecule has 0 saturated heterocycles. The molecule has 0 amide bonds. The number of hydrogen-bond acceptors (Lipinski definition) is 4. The molecule has 92 valence electrons. The van der Waals surface area contributed by atoms with Crippen molar-refractivity contribution < 1.29 is 0 Å². The molecule has 3 heterocycles. The average molecular weight is 271 g/mol. The monoisotopic (exact) mass is 270 g/mol. The maximum atomic E-state index is 6.21. The summed E-state index contributed by atoms with van der Waals surface area (Å²) in [5.74, 6) is 0.657. The number of aromatic amines is 1. The van der Waals surface area contributed by atoms with Crippen LogP contribution in [-0.4, -0.2) is 29.5 Å². The van der Waals surface area contributed by atoms with Crippen molar-refractivity contribution in [1.29, 1.82) is 0 Å². The Balaban J connectivity index is 2.14. The Morgan fingerprint density at radius 3 is 2.79 bits per heavy atom. The van der Waals surface area contributed by atoms with E-state index in [4.69, 9.17) is 11.6 Å². The van der Waals surface area contributed by atoms with Crippen LogP contribution in [0, 0.1) is 0 Å². The molecule has 0 atom stereocenters. The van der Waals surface area contributed by atoms with Gasteiger partial charge in [0, 0.05) is 5.56 Å². The predicted molar refractivity (Wildman–Crippen MR) is 70.9 cm³/mol. The molecule has 0 saturated carbocycles.